The van der Waals surface area contributed by atoms with Crippen LogP contribution < -0.4 is 5.73 Å². The summed E-state index contributed by atoms with van der Waals surface area (Å²) in [6, 6.07) is 9.70. The molecule has 4 heteroatoms. The number of hydrogen-bond donors (Lipinski definition) is 1. The summed E-state index contributed by atoms with van der Waals surface area (Å²) >= 11 is 0. The zero-order valence-corrected chi connectivity index (χ0v) is 10.9. The summed E-state index contributed by atoms with van der Waals surface area (Å²) in [5, 5.41) is 0. The molecule has 3 nitrogen and oxygen atoms in total. The van der Waals surface area contributed by atoms with Gasteiger partial charge < -0.3 is 10.5 Å². The zero-order chi connectivity index (χ0) is 11.8. The fraction of sp³-hybridized carbons (Fsp3) is 0.462. The number of carbonyl (C=O) groups excluding carboxylic acids is 1. The number of ether oxygens (including phenoxy) is 1. The van der Waals surface area contributed by atoms with E-state index in [1.54, 1.807) is 6.92 Å². The molecule has 1 aromatic rings. The lowest BCUT2D eigenvalue weighted by atomic mass is 10.1. The molecule has 1 rings (SSSR count). The minimum atomic E-state index is -0.483. The number of esters is 1. The van der Waals surface area contributed by atoms with Crippen molar-refractivity contribution in [3.8, 4) is 0 Å². The molecule has 0 bridgehead atoms. The summed E-state index contributed by atoms with van der Waals surface area (Å²) in [6.07, 6.45) is 2.53. The molecular weight excluding hydrogens is 238 g/mol. The smallest absolute Gasteiger partial charge is 0.322 e. The van der Waals surface area contributed by atoms with Gasteiger partial charge in [-0.25, -0.2) is 0 Å². The van der Waals surface area contributed by atoms with Crippen LogP contribution in [0.3, 0.4) is 0 Å². The number of aryl methyl sites for hydroxylation is 1. The van der Waals surface area contributed by atoms with E-state index in [0.717, 1.165) is 12.8 Å². The molecule has 1 unspecified atom stereocenters. The zero-order valence-electron chi connectivity index (χ0n) is 10.1. The second-order valence-corrected chi connectivity index (χ2v) is 3.74. The van der Waals surface area contributed by atoms with E-state index in [1.807, 2.05) is 18.2 Å². The summed E-state index contributed by atoms with van der Waals surface area (Å²) in [5.41, 5.74) is 6.97. The lowest BCUT2D eigenvalue weighted by Crippen LogP contribution is -2.32. The average Bonchev–Trinajstić information content (AvgIpc) is 2.30. The lowest BCUT2D eigenvalue weighted by molar-refractivity contribution is -0.144. The monoisotopic (exact) mass is 257 g/mol. The van der Waals surface area contributed by atoms with Crippen molar-refractivity contribution in [3.05, 3.63) is 35.9 Å². The van der Waals surface area contributed by atoms with Crippen LogP contribution in [0.4, 0.5) is 0 Å². The molecule has 0 aromatic heterocycles. The number of halogens is 1. The third kappa shape index (κ3) is 6.29. The van der Waals surface area contributed by atoms with Crippen LogP contribution in [0, 0.1) is 0 Å². The molecule has 0 spiro atoms. The third-order valence-corrected chi connectivity index (χ3v) is 2.41. The van der Waals surface area contributed by atoms with Crippen molar-refractivity contribution >= 4 is 18.4 Å². The van der Waals surface area contributed by atoms with E-state index in [9.17, 15) is 4.79 Å². The summed E-state index contributed by atoms with van der Waals surface area (Å²) in [7, 11) is 0. The van der Waals surface area contributed by atoms with Crippen LogP contribution in [0.2, 0.25) is 0 Å². The molecule has 0 heterocycles. The minimum absolute atomic E-state index is 0. The topological polar surface area (TPSA) is 52.3 Å². The van der Waals surface area contributed by atoms with Gasteiger partial charge in [-0.1, -0.05) is 30.3 Å². The Morgan fingerprint density at radius 2 is 2.00 bits per heavy atom. The van der Waals surface area contributed by atoms with Gasteiger partial charge in [-0.15, -0.1) is 12.4 Å². The van der Waals surface area contributed by atoms with E-state index < -0.39 is 6.04 Å². The Morgan fingerprint density at radius 1 is 1.35 bits per heavy atom. The highest BCUT2D eigenvalue weighted by Gasteiger charge is 2.13. The van der Waals surface area contributed by atoms with E-state index >= 15 is 0 Å². The Bertz CT molecular complexity index is 316. The summed E-state index contributed by atoms with van der Waals surface area (Å²) in [5.74, 6) is -0.296. The van der Waals surface area contributed by atoms with Crippen molar-refractivity contribution in [1.82, 2.24) is 0 Å². The molecule has 0 aliphatic carbocycles. The normalized spacial score (nSPS) is 11.4. The predicted octanol–water partition coefficient (Wildman–Crippen LogP) is 2.32. The predicted molar refractivity (Wildman–Crippen MR) is 71.2 cm³/mol. The lowest BCUT2D eigenvalue weighted by Gasteiger charge is -2.09. The van der Waals surface area contributed by atoms with Gasteiger partial charge in [-0.3, -0.25) is 4.79 Å². The maximum absolute atomic E-state index is 11.2. The van der Waals surface area contributed by atoms with Gasteiger partial charge in [-0.2, -0.15) is 0 Å². The summed E-state index contributed by atoms with van der Waals surface area (Å²) < 4.78 is 4.84. The van der Waals surface area contributed by atoms with Crippen LogP contribution >= 0.6 is 12.4 Å². The number of rotatable bonds is 6. The average molecular weight is 258 g/mol. The van der Waals surface area contributed by atoms with E-state index in [-0.39, 0.29) is 18.4 Å². The van der Waals surface area contributed by atoms with Crippen molar-refractivity contribution in [2.24, 2.45) is 5.73 Å². The van der Waals surface area contributed by atoms with Crippen molar-refractivity contribution < 1.29 is 9.53 Å². The van der Waals surface area contributed by atoms with Crippen LogP contribution in [-0.4, -0.2) is 18.6 Å². The SMILES string of the molecule is CCOC(=O)C(N)CCCc1ccccc1.Cl. The first kappa shape index (κ1) is 15.9. The van der Waals surface area contributed by atoms with Gasteiger partial charge in [0.25, 0.3) is 0 Å². The highest BCUT2D eigenvalue weighted by molar-refractivity contribution is 5.85. The molecule has 0 aliphatic heterocycles. The molecule has 0 amide bonds. The molecule has 0 saturated heterocycles. The molecule has 2 N–H and O–H groups in total. The maximum Gasteiger partial charge on any atom is 0.322 e. The summed E-state index contributed by atoms with van der Waals surface area (Å²) in [4.78, 5) is 11.2. The molecule has 1 atom stereocenters. The Labute approximate surface area is 109 Å². The first-order valence-electron chi connectivity index (χ1n) is 5.70. The molecule has 0 aliphatic rings. The second kappa shape index (κ2) is 9.02. The summed E-state index contributed by atoms with van der Waals surface area (Å²) in [6.45, 7) is 2.18. The van der Waals surface area contributed by atoms with Gasteiger partial charge in [0.2, 0.25) is 0 Å². The van der Waals surface area contributed by atoms with E-state index in [2.05, 4.69) is 12.1 Å². The third-order valence-electron chi connectivity index (χ3n) is 2.41. The van der Waals surface area contributed by atoms with Gasteiger partial charge in [0, 0.05) is 0 Å². The van der Waals surface area contributed by atoms with Crippen molar-refractivity contribution in [3.63, 3.8) is 0 Å². The molecule has 0 radical (unpaired) electrons. The van der Waals surface area contributed by atoms with Gasteiger partial charge in [0.1, 0.15) is 6.04 Å². The number of hydrogen-bond acceptors (Lipinski definition) is 3. The van der Waals surface area contributed by atoms with Crippen molar-refractivity contribution in [1.29, 1.82) is 0 Å². The first-order chi connectivity index (χ1) is 7.74. The van der Waals surface area contributed by atoms with Gasteiger partial charge in [-0.05, 0) is 31.7 Å². The van der Waals surface area contributed by atoms with Crippen LogP contribution in [0.1, 0.15) is 25.3 Å². The minimum Gasteiger partial charge on any atom is -0.465 e. The largest absolute Gasteiger partial charge is 0.465 e. The Balaban J connectivity index is 0.00000256. The molecule has 17 heavy (non-hydrogen) atoms. The Kier molecular flexibility index (Phi) is 8.46. The van der Waals surface area contributed by atoms with Crippen LogP contribution in [0.25, 0.3) is 0 Å². The Morgan fingerprint density at radius 3 is 2.59 bits per heavy atom. The van der Waals surface area contributed by atoms with Crippen LogP contribution in [0.15, 0.2) is 30.3 Å². The number of nitrogens with two attached hydrogens (primary N) is 1. The number of carbonyl (C=O) groups is 1. The van der Waals surface area contributed by atoms with E-state index in [0.29, 0.717) is 13.0 Å². The Hall–Kier alpha value is -1.06. The highest BCUT2D eigenvalue weighted by Crippen LogP contribution is 2.06. The van der Waals surface area contributed by atoms with E-state index in [1.165, 1.54) is 5.56 Å². The molecule has 0 saturated carbocycles. The highest BCUT2D eigenvalue weighted by atomic mass is 35.5. The number of benzene rings is 1. The van der Waals surface area contributed by atoms with Gasteiger partial charge >= 0.3 is 5.97 Å². The fourth-order valence-corrected chi connectivity index (χ4v) is 1.54. The molecular formula is C13H20ClNO2. The molecule has 1 aromatic carbocycles. The van der Waals surface area contributed by atoms with Crippen LogP contribution in [-0.2, 0) is 16.0 Å². The first-order valence-corrected chi connectivity index (χ1v) is 5.70. The standard InChI is InChI=1S/C13H19NO2.ClH/c1-2-16-13(15)12(14)10-6-9-11-7-4-3-5-8-11;/h3-5,7-8,12H,2,6,9-10,14H2,1H3;1H. The molecule has 0 fully saturated rings. The van der Waals surface area contributed by atoms with Crippen LogP contribution in [0.5, 0.6) is 0 Å². The van der Waals surface area contributed by atoms with Gasteiger partial charge in [0.05, 0.1) is 6.61 Å². The molecule has 96 valence electrons. The van der Waals surface area contributed by atoms with Crippen molar-refractivity contribution in [2.45, 2.75) is 32.2 Å². The second-order valence-electron chi connectivity index (χ2n) is 3.74. The van der Waals surface area contributed by atoms with E-state index in [4.69, 9.17) is 10.5 Å². The van der Waals surface area contributed by atoms with Crippen molar-refractivity contribution in [2.75, 3.05) is 6.61 Å². The quantitative estimate of drug-likeness (QED) is 0.796. The maximum atomic E-state index is 11.2. The van der Waals surface area contributed by atoms with Gasteiger partial charge in [0.15, 0.2) is 0 Å². The fourth-order valence-electron chi connectivity index (χ4n) is 1.54.